The fourth-order valence-corrected chi connectivity index (χ4v) is 3.76. The number of nitrogens with zero attached hydrogens (tertiary/aromatic N) is 1. The van der Waals surface area contributed by atoms with Gasteiger partial charge in [-0.15, -0.1) is 11.8 Å². The van der Waals surface area contributed by atoms with Gasteiger partial charge in [0.25, 0.3) is 0 Å². The van der Waals surface area contributed by atoms with Crippen LogP contribution in [0.3, 0.4) is 0 Å². The first kappa shape index (κ1) is 17.2. The van der Waals surface area contributed by atoms with Crippen LogP contribution in [0.25, 0.3) is 11.0 Å². The van der Waals surface area contributed by atoms with Gasteiger partial charge in [-0.25, -0.2) is 4.98 Å². The molecule has 24 heavy (non-hydrogen) atoms. The van der Waals surface area contributed by atoms with Crippen molar-refractivity contribution in [1.29, 1.82) is 0 Å². The Balaban J connectivity index is 1.40. The number of aromatic amines is 1. The second-order valence-electron chi connectivity index (χ2n) is 5.00. The van der Waals surface area contributed by atoms with Crippen LogP contribution in [0.1, 0.15) is 0 Å². The van der Waals surface area contributed by atoms with Crippen LogP contribution >= 0.6 is 35.1 Å². The van der Waals surface area contributed by atoms with Crippen LogP contribution in [0.4, 0.5) is 0 Å². The van der Waals surface area contributed by atoms with E-state index in [2.05, 4.69) is 27.4 Å². The maximum absolute atomic E-state index is 11.9. The van der Waals surface area contributed by atoms with Gasteiger partial charge in [-0.2, -0.15) is 0 Å². The number of carbonyl (C=O) groups excluding carboxylic acids is 1. The zero-order valence-electron chi connectivity index (χ0n) is 12.8. The lowest BCUT2D eigenvalue weighted by atomic mass is 10.3. The fourth-order valence-electron chi connectivity index (χ4n) is 2.09. The number of amides is 1. The molecule has 1 aromatic heterocycles. The first-order chi connectivity index (χ1) is 11.7. The second-order valence-corrected chi connectivity index (χ2v) is 7.57. The molecule has 0 fully saturated rings. The van der Waals surface area contributed by atoms with Crippen molar-refractivity contribution in [3.63, 3.8) is 0 Å². The molecule has 4 nitrogen and oxygen atoms in total. The van der Waals surface area contributed by atoms with Gasteiger partial charge in [-0.05, 0) is 30.3 Å². The molecule has 3 aromatic rings. The predicted molar refractivity (Wildman–Crippen MR) is 102 cm³/mol. The predicted octanol–water partition coefficient (Wildman–Crippen LogP) is 4.22. The van der Waals surface area contributed by atoms with E-state index in [4.69, 9.17) is 11.6 Å². The molecule has 0 atom stereocenters. The molecule has 0 aliphatic rings. The van der Waals surface area contributed by atoms with Gasteiger partial charge in [0.15, 0.2) is 5.16 Å². The van der Waals surface area contributed by atoms with Gasteiger partial charge >= 0.3 is 0 Å². The van der Waals surface area contributed by atoms with E-state index in [-0.39, 0.29) is 5.91 Å². The number of carbonyl (C=O) groups is 1. The van der Waals surface area contributed by atoms with Gasteiger partial charge in [0.05, 0.1) is 16.8 Å². The number of fused-ring (bicyclic) bond motifs is 1. The molecular weight excluding hydrogens is 362 g/mol. The number of aromatic nitrogens is 2. The SMILES string of the molecule is O=C(CSc1nc2ccc(Cl)cc2[nH]1)NCCSc1ccccc1. The van der Waals surface area contributed by atoms with Gasteiger partial charge in [0.2, 0.25) is 5.91 Å². The van der Waals surface area contributed by atoms with Gasteiger partial charge in [0, 0.05) is 22.2 Å². The minimum Gasteiger partial charge on any atom is -0.355 e. The molecule has 1 heterocycles. The third-order valence-electron chi connectivity index (χ3n) is 3.20. The lowest BCUT2D eigenvalue weighted by Crippen LogP contribution is -2.27. The van der Waals surface area contributed by atoms with E-state index in [0.29, 0.717) is 17.3 Å². The van der Waals surface area contributed by atoms with Crippen LogP contribution < -0.4 is 5.32 Å². The zero-order chi connectivity index (χ0) is 16.8. The summed E-state index contributed by atoms with van der Waals surface area (Å²) in [5.41, 5.74) is 1.73. The molecule has 124 valence electrons. The largest absolute Gasteiger partial charge is 0.355 e. The topological polar surface area (TPSA) is 57.8 Å². The molecule has 0 bridgehead atoms. The monoisotopic (exact) mass is 377 g/mol. The number of benzene rings is 2. The number of thioether (sulfide) groups is 2. The molecule has 0 saturated carbocycles. The maximum atomic E-state index is 11.9. The molecule has 2 N–H and O–H groups in total. The number of nitrogens with one attached hydrogen (secondary N) is 2. The average molecular weight is 378 g/mol. The van der Waals surface area contributed by atoms with Crippen LogP contribution in [-0.4, -0.2) is 33.9 Å². The third kappa shape index (κ3) is 4.93. The molecule has 2 aromatic carbocycles. The quantitative estimate of drug-likeness (QED) is 0.478. The first-order valence-electron chi connectivity index (χ1n) is 7.43. The number of rotatable bonds is 7. The molecule has 1 amide bonds. The van der Waals surface area contributed by atoms with Crippen molar-refractivity contribution in [3.05, 3.63) is 53.6 Å². The number of H-pyrrole nitrogens is 1. The van der Waals surface area contributed by atoms with Crippen molar-refractivity contribution < 1.29 is 4.79 Å². The Kier molecular flexibility index (Phi) is 6.07. The molecule has 0 aliphatic carbocycles. The summed E-state index contributed by atoms with van der Waals surface area (Å²) in [7, 11) is 0. The van der Waals surface area contributed by atoms with Crippen molar-refractivity contribution in [3.8, 4) is 0 Å². The minimum atomic E-state index is 0.00662. The highest BCUT2D eigenvalue weighted by atomic mass is 35.5. The number of hydrogen-bond acceptors (Lipinski definition) is 4. The molecule has 7 heteroatoms. The van der Waals surface area contributed by atoms with Crippen LogP contribution in [0.2, 0.25) is 5.02 Å². The third-order valence-corrected chi connectivity index (χ3v) is 5.32. The summed E-state index contributed by atoms with van der Waals surface area (Å²) in [5.74, 6) is 1.19. The molecular formula is C17H16ClN3OS2. The number of imidazole rings is 1. The Hall–Kier alpha value is -1.63. The molecule has 0 aliphatic heterocycles. The highest BCUT2D eigenvalue weighted by Gasteiger charge is 2.07. The van der Waals surface area contributed by atoms with Crippen LogP contribution in [0.15, 0.2) is 58.6 Å². The molecule has 3 rings (SSSR count). The van der Waals surface area contributed by atoms with Gasteiger partial charge in [0.1, 0.15) is 0 Å². The summed E-state index contributed by atoms with van der Waals surface area (Å²) in [6.07, 6.45) is 0. The zero-order valence-corrected chi connectivity index (χ0v) is 15.2. The van der Waals surface area contributed by atoms with Crippen molar-refractivity contribution in [2.24, 2.45) is 0 Å². The van der Waals surface area contributed by atoms with Crippen molar-refractivity contribution in [2.75, 3.05) is 18.1 Å². The lowest BCUT2D eigenvalue weighted by molar-refractivity contribution is -0.118. The fraction of sp³-hybridized carbons (Fsp3) is 0.176. The second kappa shape index (κ2) is 8.46. The van der Waals surface area contributed by atoms with E-state index in [1.54, 1.807) is 17.8 Å². The summed E-state index contributed by atoms with van der Waals surface area (Å²) >= 11 is 9.06. The van der Waals surface area contributed by atoms with Gasteiger partial charge in [-0.1, -0.05) is 41.6 Å². The summed E-state index contributed by atoms with van der Waals surface area (Å²) in [6.45, 7) is 0.648. The van der Waals surface area contributed by atoms with Crippen molar-refractivity contribution >= 4 is 52.1 Å². The normalized spacial score (nSPS) is 10.9. The molecule has 0 unspecified atom stereocenters. The first-order valence-corrected chi connectivity index (χ1v) is 9.78. The average Bonchev–Trinajstić information content (AvgIpc) is 3.00. The Bertz CT molecular complexity index is 823. The lowest BCUT2D eigenvalue weighted by Gasteiger charge is -2.04. The van der Waals surface area contributed by atoms with Crippen LogP contribution in [-0.2, 0) is 4.79 Å². The van der Waals surface area contributed by atoms with Crippen LogP contribution in [0.5, 0.6) is 0 Å². The van der Waals surface area contributed by atoms with E-state index in [9.17, 15) is 4.79 Å². The number of halogens is 1. The van der Waals surface area contributed by atoms with E-state index in [1.165, 1.54) is 16.7 Å². The van der Waals surface area contributed by atoms with Crippen LogP contribution in [0, 0.1) is 0 Å². The maximum Gasteiger partial charge on any atom is 0.230 e. The Labute approximate surface area is 153 Å². The Morgan fingerprint density at radius 3 is 2.83 bits per heavy atom. The standard InChI is InChI=1S/C17H16ClN3OS2/c18-12-6-7-14-15(10-12)21-17(20-14)24-11-16(22)19-8-9-23-13-4-2-1-3-5-13/h1-7,10H,8-9,11H2,(H,19,22)(H,20,21). The Morgan fingerprint density at radius 2 is 2.00 bits per heavy atom. The highest BCUT2D eigenvalue weighted by Crippen LogP contribution is 2.22. The summed E-state index contributed by atoms with van der Waals surface area (Å²) in [6, 6.07) is 15.6. The van der Waals surface area contributed by atoms with E-state index >= 15 is 0 Å². The van der Waals surface area contributed by atoms with E-state index < -0.39 is 0 Å². The smallest absolute Gasteiger partial charge is 0.230 e. The van der Waals surface area contributed by atoms with E-state index in [0.717, 1.165) is 21.9 Å². The highest BCUT2D eigenvalue weighted by molar-refractivity contribution is 7.99. The van der Waals surface area contributed by atoms with Crippen molar-refractivity contribution in [1.82, 2.24) is 15.3 Å². The molecule has 0 spiro atoms. The summed E-state index contributed by atoms with van der Waals surface area (Å²) < 4.78 is 0. The van der Waals surface area contributed by atoms with Gasteiger partial charge < -0.3 is 10.3 Å². The molecule has 0 saturated heterocycles. The minimum absolute atomic E-state index is 0.00662. The Morgan fingerprint density at radius 1 is 1.17 bits per heavy atom. The molecule has 0 radical (unpaired) electrons. The number of hydrogen-bond donors (Lipinski definition) is 2. The summed E-state index contributed by atoms with van der Waals surface area (Å²) in [4.78, 5) is 20.7. The van der Waals surface area contributed by atoms with Crippen molar-refractivity contribution in [2.45, 2.75) is 10.1 Å². The van der Waals surface area contributed by atoms with Gasteiger partial charge in [-0.3, -0.25) is 4.79 Å². The summed E-state index contributed by atoms with van der Waals surface area (Å²) in [5, 5.41) is 4.31. The van der Waals surface area contributed by atoms with E-state index in [1.807, 2.05) is 30.3 Å².